The number of alkyl halides is 2. The monoisotopic (exact) mass is 331 g/mol. The van der Waals surface area contributed by atoms with Crippen molar-refractivity contribution >= 4 is 17.6 Å². The van der Waals surface area contributed by atoms with Gasteiger partial charge in [0, 0.05) is 5.56 Å². The number of thioether (sulfide) groups is 1. The lowest BCUT2D eigenvalue weighted by molar-refractivity contribution is 0.251. The lowest BCUT2D eigenvalue weighted by Crippen LogP contribution is -2.10. The summed E-state index contributed by atoms with van der Waals surface area (Å²) >= 11 is 0.538. The van der Waals surface area contributed by atoms with Gasteiger partial charge in [-0.15, -0.1) is 0 Å². The van der Waals surface area contributed by atoms with Crippen molar-refractivity contribution in [3.05, 3.63) is 34.9 Å². The van der Waals surface area contributed by atoms with Gasteiger partial charge in [0.15, 0.2) is 0 Å². The maximum Gasteiger partial charge on any atom is 0.284 e. The van der Waals surface area contributed by atoms with Crippen molar-refractivity contribution in [3.8, 4) is 0 Å². The molecule has 0 aliphatic rings. The number of nitrogens with zero attached hydrogens (tertiary/aromatic N) is 2. The molecule has 0 fully saturated rings. The van der Waals surface area contributed by atoms with Crippen LogP contribution in [0.2, 0.25) is 0 Å². The molecule has 0 aliphatic heterocycles. The summed E-state index contributed by atoms with van der Waals surface area (Å²) in [6.45, 7) is 4.69. The second kappa shape index (κ2) is 7.64. The van der Waals surface area contributed by atoms with Crippen LogP contribution in [-0.4, -0.2) is 27.3 Å². The number of rotatable bonds is 8. The summed E-state index contributed by atoms with van der Waals surface area (Å²) in [6, 6.07) is 3.47. The summed E-state index contributed by atoms with van der Waals surface area (Å²) in [4.78, 5) is 0. The molecule has 2 N–H and O–H groups in total. The number of nitrogens with one attached hydrogen (secondary N) is 1. The van der Waals surface area contributed by atoms with Gasteiger partial charge in [-0.3, -0.25) is 0 Å². The zero-order chi connectivity index (χ0) is 16.1. The van der Waals surface area contributed by atoms with Crippen LogP contribution in [0.1, 0.15) is 22.8 Å². The number of aliphatic hydroxyl groups is 1. The van der Waals surface area contributed by atoms with Crippen LogP contribution in [0.15, 0.2) is 16.5 Å². The van der Waals surface area contributed by atoms with Crippen molar-refractivity contribution in [2.75, 3.05) is 11.9 Å². The Balaban J connectivity index is 1.98. The van der Waals surface area contributed by atoms with Gasteiger partial charge in [-0.1, -0.05) is 11.8 Å². The number of aliphatic hydroxyl groups excluding tert-OH is 1. The van der Waals surface area contributed by atoms with Gasteiger partial charge >= 0.3 is 0 Å². The molecule has 0 aromatic carbocycles. The van der Waals surface area contributed by atoms with E-state index in [4.69, 9.17) is 9.52 Å². The van der Waals surface area contributed by atoms with Crippen LogP contribution in [0.3, 0.4) is 0 Å². The molecule has 0 saturated carbocycles. The first kappa shape index (κ1) is 16.8. The molecule has 22 heavy (non-hydrogen) atoms. The van der Waals surface area contributed by atoms with Crippen LogP contribution in [0.5, 0.6) is 0 Å². The summed E-state index contributed by atoms with van der Waals surface area (Å²) in [5.74, 6) is -0.229. The maximum absolute atomic E-state index is 12.1. The Labute approximate surface area is 131 Å². The number of aromatic nitrogens is 2. The van der Waals surface area contributed by atoms with E-state index < -0.39 is 5.76 Å². The number of anilines is 1. The fourth-order valence-corrected chi connectivity index (χ4v) is 2.51. The van der Waals surface area contributed by atoms with Gasteiger partial charge in [0.25, 0.3) is 5.76 Å². The van der Waals surface area contributed by atoms with Crippen LogP contribution < -0.4 is 5.32 Å². The minimum absolute atomic E-state index is 0.00495. The zero-order valence-corrected chi connectivity index (χ0v) is 13.3. The van der Waals surface area contributed by atoms with E-state index in [1.54, 1.807) is 16.8 Å². The number of aryl methyl sites for hydroxylation is 1. The number of hydrogen-bond acceptors (Lipinski definition) is 5. The van der Waals surface area contributed by atoms with Crippen LogP contribution in [0, 0.1) is 13.8 Å². The lowest BCUT2D eigenvalue weighted by atomic mass is 10.3. The summed E-state index contributed by atoms with van der Waals surface area (Å²) in [6.07, 6.45) is 0. The standard InChI is InChI=1S/C14H19F2N3O2S/c1-9-10(2)18-19(5-6-20)13(9)17-7-11-3-4-12(21-11)8-22-14(15)16/h3-4,14,17,20H,5-8H2,1-2H3. The SMILES string of the molecule is Cc1nn(CCO)c(NCc2ccc(CSC(F)F)o2)c1C. The molecule has 2 aromatic heterocycles. The van der Waals surface area contributed by atoms with Gasteiger partial charge in [-0.05, 0) is 26.0 Å². The predicted molar refractivity (Wildman–Crippen MR) is 82.1 cm³/mol. The third kappa shape index (κ3) is 4.23. The Morgan fingerprint density at radius 2 is 2.09 bits per heavy atom. The Morgan fingerprint density at radius 3 is 2.77 bits per heavy atom. The van der Waals surface area contributed by atoms with Crippen LogP contribution in [0.25, 0.3) is 0 Å². The molecule has 5 nitrogen and oxygen atoms in total. The molecule has 0 amide bonds. The Kier molecular flexibility index (Phi) is 5.84. The molecule has 0 bridgehead atoms. The number of furan rings is 1. The first-order chi connectivity index (χ1) is 10.5. The molecule has 0 saturated heterocycles. The molecule has 2 aromatic rings. The highest BCUT2D eigenvalue weighted by Gasteiger charge is 2.12. The highest BCUT2D eigenvalue weighted by atomic mass is 32.2. The maximum atomic E-state index is 12.1. The molecule has 2 rings (SSSR count). The molecule has 122 valence electrons. The quantitative estimate of drug-likeness (QED) is 0.778. The molecule has 0 unspecified atom stereocenters. The summed E-state index contributed by atoms with van der Waals surface area (Å²) in [5, 5.41) is 16.6. The molecule has 2 heterocycles. The zero-order valence-electron chi connectivity index (χ0n) is 12.5. The highest BCUT2D eigenvalue weighted by Crippen LogP contribution is 2.23. The summed E-state index contributed by atoms with van der Waals surface area (Å²) in [5.41, 5.74) is 1.90. The van der Waals surface area contributed by atoms with E-state index in [0.29, 0.717) is 36.4 Å². The molecule has 0 aliphatic carbocycles. The van der Waals surface area contributed by atoms with Crippen LogP contribution in [-0.2, 0) is 18.8 Å². The van der Waals surface area contributed by atoms with Crippen molar-refractivity contribution in [1.29, 1.82) is 0 Å². The van der Waals surface area contributed by atoms with Crippen LogP contribution in [0.4, 0.5) is 14.6 Å². The van der Waals surface area contributed by atoms with Crippen molar-refractivity contribution in [1.82, 2.24) is 9.78 Å². The van der Waals surface area contributed by atoms with Gasteiger partial charge in [-0.25, -0.2) is 4.68 Å². The van der Waals surface area contributed by atoms with E-state index in [2.05, 4.69) is 10.4 Å². The molecular formula is C14H19F2N3O2S. The molecule has 0 atom stereocenters. The normalized spacial score (nSPS) is 11.4. The van der Waals surface area contributed by atoms with Crippen molar-refractivity contribution in [2.24, 2.45) is 0 Å². The van der Waals surface area contributed by atoms with Crippen molar-refractivity contribution < 1.29 is 18.3 Å². The topological polar surface area (TPSA) is 63.2 Å². The van der Waals surface area contributed by atoms with E-state index in [-0.39, 0.29) is 12.4 Å². The van der Waals surface area contributed by atoms with Gasteiger partial charge in [0.05, 0.1) is 31.1 Å². The average Bonchev–Trinajstić information content (AvgIpc) is 3.02. The Bertz CT molecular complexity index is 613. The van der Waals surface area contributed by atoms with Gasteiger partial charge in [-0.2, -0.15) is 13.9 Å². The fraction of sp³-hybridized carbons (Fsp3) is 0.500. The third-order valence-electron chi connectivity index (χ3n) is 3.24. The minimum Gasteiger partial charge on any atom is -0.463 e. The van der Waals surface area contributed by atoms with E-state index in [1.165, 1.54) is 0 Å². The van der Waals surface area contributed by atoms with E-state index >= 15 is 0 Å². The first-order valence-electron chi connectivity index (χ1n) is 6.87. The first-order valence-corrected chi connectivity index (χ1v) is 7.92. The Morgan fingerprint density at radius 1 is 1.36 bits per heavy atom. The average molecular weight is 331 g/mol. The van der Waals surface area contributed by atoms with E-state index in [1.807, 2.05) is 13.8 Å². The highest BCUT2D eigenvalue weighted by molar-refractivity contribution is 7.98. The van der Waals surface area contributed by atoms with Crippen LogP contribution >= 0.6 is 11.8 Å². The van der Waals surface area contributed by atoms with E-state index in [0.717, 1.165) is 17.1 Å². The van der Waals surface area contributed by atoms with Crippen molar-refractivity contribution in [3.63, 3.8) is 0 Å². The molecule has 0 radical (unpaired) electrons. The fourth-order valence-electron chi connectivity index (χ4n) is 2.06. The predicted octanol–water partition coefficient (Wildman–Crippen LogP) is 3.15. The second-order valence-electron chi connectivity index (χ2n) is 4.80. The Hall–Kier alpha value is -1.54. The number of hydrogen-bond donors (Lipinski definition) is 2. The van der Waals surface area contributed by atoms with Gasteiger partial charge in [0.2, 0.25) is 0 Å². The van der Waals surface area contributed by atoms with Gasteiger partial charge < -0.3 is 14.8 Å². The summed E-state index contributed by atoms with van der Waals surface area (Å²) in [7, 11) is 0. The smallest absolute Gasteiger partial charge is 0.284 e. The molecule has 8 heteroatoms. The minimum atomic E-state index is -2.40. The second-order valence-corrected chi connectivity index (χ2v) is 5.78. The van der Waals surface area contributed by atoms with E-state index in [9.17, 15) is 8.78 Å². The molecule has 0 spiro atoms. The largest absolute Gasteiger partial charge is 0.463 e. The molecular weight excluding hydrogens is 312 g/mol. The summed E-state index contributed by atoms with van der Waals surface area (Å²) < 4.78 is 31.5. The van der Waals surface area contributed by atoms with Gasteiger partial charge in [0.1, 0.15) is 17.3 Å². The van der Waals surface area contributed by atoms with Crippen molar-refractivity contribution in [2.45, 2.75) is 38.4 Å². The lowest BCUT2D eigenvalue weighted by Gasteiger charge is -2.09. The third-order valence-corrected chi connectivity index (χ3v) is 3.94. The number of halogens is 2.